The largest absolute Gasteiger partial charge is 0.290 e. The molecule has 3 aromatic heterocycles. The molecule has 0 aromatic carbocycles. The van der Waals surface area contributed by atoms with Gasteiger partial charge in [-0.1, -0.05) is 6.07 Å². The second kappa shape index (κ2) is 6.20. The number of thiazole rings is 1. The molecule has 3 rings (SSSR count). The molecule has 0 aliphatic carbocycles. The van der Waals surface area contributed by atoms with Crippen molar-refractivity contribution >= 4 is 17.1 Å². The van der Waals surface area contributed by atoms with Crippen molar-refractivity contribution in [2.45, 2.75) is 5.92 Å². The number of hydrogen-bond donors (Lipinski definition) is 0. The van der Waals surface area contributed by atoms with Crippen LogP contribution in [0.5, 0.6) is 0 Å². The van der Waals surface area contributed by atoms with Gasteiger partial charge in [0.05, 0.1) is 18.0 Å². The molecule has 3 aromatic rings. The highest BCUT2D eigenvalue weighted by Crippen LogP contribution is 2.24. The molecule has 0 unspecified atom stereocenters. The van der Waals surface area contributed by atoms with E-state index in [1.165, 1.54) is 11.3 Å². The van der Waals surface area contributed by atoms with E-state index < -0.39 is 5.92 Å². The fraction of sp³-hybridized carbons (Fsp3) is 0.0667. The van der Waals surface area contributed by atoms with Crippen molar-refractivity contribution in [1.82, 2.24) is 19.9 Å². The van der Waals surface area contributed by atoms with Crippen molar-refractivity contribution in [2.24, 2.45) is 0 Å². The lowest BCUT2D eigenvalue weighted by Crippen LogP contribution is -2.13. The summed E-state index contributed by atoms with van der Waals surface area (Å²) in [5.41, 5.74) is 1.25. The molecule has 0 radical (unpaired) electrons. The zero-order chi connectivity index (χ0) is 15.4. The lowest BCUT2D eigenvalue weighted by molar-refractivity contribution is 0.0973. The predicted molar refractivity (Wildman–Crippen MR) is 80.1 cm³/mol. The molecule has 6 nitrogen and oxygen atoms in total. The SMILES string of the molecule is N#C[C@@H](C(=O)c1csc(-c2cnccn2)n1)c1ccccn1. The number of nitriles is 1. The van der Waals surface area contributed by atoms with E-state index in [-0.39, 0.29) is 11.5 Å². The minimum atomic E-state index is -0.960. The van der Waals surface area contributed by atoms with Crippen molar-refractivity contribution in [3.63, 3.8) is 0 Å². The van der Waals surface area contributed by atoms with Crippen molar-refractivity contribution in [1.29, 1.82) is 5.26 Å². The highest BCUT2D eigenvalue weighted by Gasteiger charge is 2.25. The van der Waals surface area contributed by atoms with Crippen molar-refractivity contribution in [2.75, 3.05) is 0 Å². The summed E-state index contributed by atoms with van der Waals surface area (Å²) in [6, 6.07) is 7.12. The third-order valence-corrected chi connectivity index (χ3v) is 3.78. The third-order valence-electron chi connectivity index (χ3n) is 2.91. The van der Waals surface area contributed by atoms with E-state index >= 15 is 0 Å². The van der Waals surface area contributed by atoms with E-state index in [1.807, 2.05) is 6.07 Å². The van der Waals surface area contributed by atoms with Crippen LogP contribution in [0.2, 0.25) is 0 Å². The average Bonchev–Trinajstić information content (AvgIpc) is 3.07. The fourth-order valence-corrected chi connectivity index (χ4v) is 2.64. The van der Waals surface area contributed by atoms with E-state index in [4.69, 9.17) is 0 Å². The maximum Gasteiger partial charge on any atom is 0.205 e. The van der Waals surface area contributed by atoms with Crippen LogP contribution >= 0.6 is 11.3 Å². The molecule has 3 heterocycles. The second-order valence-corrected chi connectivity index (χ2v) is 5.17. The number of pyridine rings is 1. The number of carbonyl (C=O) groups is 1. The molecule has 0 aliphatic heterocycles. The molecule has 0 saturated carbocycles. The predicted octanol–water partition coefficient (Wildman–Crippen LogP) is 2.49. The summed E-state index contributed by atoms with van der Waals surface area (Å²) in [6.45, 7) is 0. The van der Waals surface area contributed by atoms with Gasteiger partial charge in [0.25, 0.3) is 0 Å². The van der Waals surface area contributed by atoms with Crippen LogP contribution < -0.4 is 0 Å². The van der Waals surface area contributed by atoms with Crippen LogP contribution in [0.4, 0.5) is 0 Å². The fourth-order valence-electron chi connectivity index (χ4n) is 1.87. The molecule has 0 saturated heterocycles. The number of Topliss-reactive ketones (excluding diaryl/α,β-unsaturated/α-hetero) is 1. The lowest BCUT2D eigenvalue weighted by Gasteiger charge is -2.04. The van der Waals surface area contributed by atoms with Gasteiger partial charge in [0, 0.05) is 24.0 Å². The lowest BCUT2D eigenvalue weighted by atomic mass is 9.99. The third kappa shape index (κ3) is 2.73. The number of carbonyl (C=O) groups excluding carboxylic acids is 1. The Balaban J connectivity index is 1.90. The van der Waals surface area contributed by atoms with Crippen molar-refractivity contribution < 1.29 is 4.79 Å². The van der Waals surface area contributed by atoms with E-state index in [9.17, 15) is 10.1 Å². The van der Waals surface area contributed by atoms with Crippen LogP contribution in [0.25, 0.3) is 10.7 Å². The smallest absolute Gasteiger partial charge is 0.205 e. The first kappa shape index (κ1) is 14.0. The molecule has 0 spiro atoms. The highest BCUT2D eigenvalue weighted by atomic mass is 32.1. The summed E-state index contributed by atoms with van der Waals surface area (Å²) >= 11 is 1.29. The van der Waals surface area contributed by atoms with Gasteiger partial charge in [0.15, 0.2) is 5.92 Å². The monoisotopic (exact) mass is 307 g/mol. The summed E-state index contributed by atoms with van der Waals surface area (Å²) in [5.74, 6) is -1.33. The van der Waals surface area contributed by atoms with Gasteiger partial charge >= 0.3 is 0 Å². The summed E-state index contributed by atoms with van der Waals surface area (Å²) < 4.78 is 0. The van der Waals surface area contributed by atoms with Gasteiger partial charge in [-0.15, -0.1) is 11.3 Å². The van der Waals surface area contributed by atoms with Crippen molar-refractivity contribution in [3.8, 4) is 16.8 Å². The zero-order valence-corrected chi connectivity index (χ0v) is 12.1. The Kier molecular flexibility index (Phi) is 3.94. The first-order chi connectivity index (χ1) is 10.8. The van der Waals surface area contributed by atoms with Gasteiger partial charge in [-0.2, -0.15) is 5.26 Å². The zero-order valence-electron chi connectivity index (χ0n) is 11.2. The van der Waals surface area contributed by atoms with Gasteiger partial charge in [-0.25, -0.2) is 4.98 Å². The molecule has 0 N–H and O–H groups in total. The Hall–Kier alpha value is -2.98. The van der Waals surface area contributed by atoms with E-state index in [2.05, 4.69) is 19.9 Å². The van der Waals surface area contributed by atoms with E-state index in [0.717, 1.165) is 0 Å². The van der Waals surface area contributed by atoms with Crippen LogP contribution in [0, 0.1) is 11.3 Å². The molecule has 22 heavy (non-hydrogen) atoms. The molecule has 1 atom stereocenters. The standard InChI is InChI=1S/C15H9N5OS/c16-7-10(11-3-1-2-4-18-11)14(21)13-9-22-15(20-13)12-8-17-5-6-19-12/h1-6,8-10H/t10-/m1/s1. The Morgan fingerprint density at radius 2 is 2.14 bits per heavy atom. The van der Waals surface area contributed by atoms with Gasteiger partial charge in [0.2, 0.25) is 5.78 Å². The summed E-state index contributed by atoms with van der Waals surface area (Å²) in [5, 5.41) is 11.5. The van der Waals surface area contributed by atoms with Crippen LogP contribution in [-0.4, -0.2) is 25.7 Å². The highest BCUT2D eigenvalue weighted by molar-refractivity contribution is 7.13. The molecular formula is C15H9N5OS. The van der Waals surface area contributed by atoms with Gasteiger partial charge in [-0.05, 0) is 12.1 Å². The maximum atomic E-state index is 12.5. The average molecular weight is 307 g/mol. The molecule has 0 aliphatic rings. The maximum absolute atomic E-state index is 12.5. The van der Waals surface area contributed by atoms with Crippen molar-refractivity contribution in [3.05, 3.63) is 59.8 Å². The number of nitrogens with zero attached hydrogens (tertiary/aromatic N) is 5. The molecular weight excluding hydrogens is 298 g/mol. The minimum absolute atomic E-state index is 0.239. The number of hydrogen-bond acceptors (Lipinski definition) is 7. The van der Waals surface area contributed by atoms with Gasteiger partial charge in [-0.3, -0.25) is 19.7 Å². The van der Waals surface area contributed by atoms with Gasteiger partial charge < -0.3 is 0 Å². The van der Waals surface area contributed by atoms with Gasteiger partial charge in [0.1, 0.15) is 16.4 Å². The van der Waals surface area contributed by atoms with Crippen LogP contribution in [0.1, 0.15) is 22.1 Å². The molecule has 0 amide bonds. The second-order valence-electron chi connectivity index (χ2n) is 4.31. The van der Waals surface area contributed by atoms with Crippen LogP contribution in [0.15, 0.2) is 48.4 Å². The normalized spacial score (nSPS) is 11.6. The Bertz CT molecular complexity index is 826. The topological polar surface area (TPSA) is 92.4 Å². The summed E-state index contributed by atoms with van der Waals surface area (Å²) in [4.78, 5) is 28.9. The molecule has 7 heteroatoms. The first-order valence-corrected chi connectivity index (χ1v) is 7.24. The molecule has 0 bridgehead atoms. The van der Waals surface area contributed by atoms with E-state index in [1.54, 1.807) is 48.4 Å². The quantitative estimate of drug-likeness (QED) is 0.687. The Morgan fingerprint density at radius 1 is 1.23 bits per heavy atom. The summed E-state index contributed by atoms with van der Waals surface area (Å²) in [7, 11) is 0. The van der Waals surface area contributed by atoms with Crippen LogP contribution in [-0.2, 0) is 0 Å². The summed E-state index contributed by atoms with van der Waals surface area (Å²) in [6.07, 6.45) is 6.26. The molecule has 0 fully saturated rings. The Morgan fingerprint density at radius 3 is 2.82 bits per heavy atom. The minimum Gasteiger partial charge on any atom is -0.290 e. The van der Waals surface area contributed by atoms with Crippen LogP contribution in [0.3, 0.4) is 0 Å². The number of rotatable bonds is 4. The molecule has 106 valence electrons. The van der Waals surface area contributed by atoms with E-state index in [0.29, 0.717) is 16.4 Å². The number of ketones is 1. The first-order valence-electron chi connectivity index (χ1n) is 6.36. The Labute approximate surface area is 130 Å². The number of aromatic nitrogens is 4.